The molecule has 0 aliphatic carbocycles. The molecule has 0 radical (unpaired) electrons. The van der Waals surface area contributed by atoms with Crippen molar-refractivity contribution in [2.45, 2.75) is 66.3 Å². The molecule has 2 amide bonds. The van der Waals surface area contributed by atoms with E-state index in [-0.39, 0.29) is 17.9 Å². The largest absolute Gasteiger partial charge is 0.324 e. The van der Waals surface area contributed by atoms with Crippen LogP contribution in [0.4, 0.5) is 5.69 Å². The lowest BCUT2D eigenvalue weighted by Crippen LogP contribution is -3.16. The van der Waals surface area contributed by atoms with Gasteiger partial charge in [0.1, 0.15) is 0 Å². The van der Waals surface area contributed by atoms with Crippen LogP contribution in [-0.2, 0) is 16.0 Å². The summed E-state index contributed by atoms with van der Waals surface area (Å²) in [5.41, 5.74) is 1.93. The topological polar surface area (TPSA) is 41.8 Å². The maximum atomic E-state index is 13.1. The smallest absolute Gasteiger partial charge is 0.292 e. The Bertz CT molecular complexity index is 595. The minimum absolute atomic E-state index is 0.0261. The summed E-state index contributed by atoms with van der Waals surface area (Å²) in [6, 6.07) is 7.58. The van der Waals surface area contributed by atoms with Crippen LogP contribution in [0.3, 0.4) is 0 Å². The summed E-state index contributed by atoms with van der Waals surface area (Å²) in [7, 11) is 0. The van der Waals surface area contributed by atoms with Gasteiger partial charge in [-0.05, 0) is 48.8 Å². The Balaban J connectivity index is 2.16. The lowest BCUT2D eigenvalue weighted by Gasteiger charge is -2.26. The van der Waals surface area contributed by atoms with Crippen LogP contribution in [0.5, 0.6) is 0 Å². The molecule has 0 aromatic heterocycles. The molecule has 0 bridgehead atoms. The number of rotatable bonds is 9. The Morgan fingerprint density at radius 3 is 2.00 bits per heavy atom. The van der Waals surface area contributed by atoms with E-state index in [1.807, 2.05) is 24.3 Å². The van der Waals surface area contributed by atoms with Crippen LogP contribution >= 0.6 is 0 Å². The SMILES string of the molecule is CCc1ccc(N2C(=O)C[C@H]([NH+](CCC(C)C)CCC(C)C)C2=O)cc1. The summed E-state index contributed by atoms with van der Waals surface area (Å²) in [5, 5.41) is 0. The van der Waals surface area contributed by atoms with Crippen LogP contribution in [-0.4, -0.2) is 30.9 Å². The highest BCUT2D eigenvalue weighted by Gasteiger charge is 2.45. The van der Waals surface area contributed by atoms with Crippen LogP contribution in [0.1, 0.15) is 59.4 Å². The zero-order chi connectivity index (χ0) is 19.3. The molecule has 1 saturated heterocycles. The van der Waals surface area contributed by atoms with E-state index >= 15 is 0 Å². The molecule has 0 spiro atoms. The summed E-state index contributed by atoms with van der Waals surface area (Å²) in [6.07, 6.45) is 3.44. The molecule has 0 saturated carbocycles. The Kier molecular flexibility index (Phi) is 7.39. The molecule has 1 fully saturated rings. The Morgan fingerprint density at radius 2 is 1.54 bits per heavy atom. The first-order valence-corrected chi connectivity index (χ1v) is 10.1. The van der Waals surface area contributed by atoms with Crippen molar-refractivity contribution in [1.82, 2.24) is 0 Å². The summed E-state index contributed by atoms with van der Waals surface area (Å²) in [6.45, 7) is 12.9. The first-order chi connectivity index (χ1) is 12.3. The number of nitrogens with zero attached hydrogens (tertiary/aromatic N) is 1. The van der Waals surface area contributed by atoms with E-state index in [1.165, 1.54) is 15.4 Å². The monoisotopic (exact) mass is 359 g/mol. The standard InChI is InChI=1S/C22H34N2O2/c1-6-18-7-9-19(10-8-18)24-21(25)15-20(22(24)26)23(13-11-16(2)3)14-12-17(4)5/h7-10,16-17,20H,6,11-15H2,1-5H3/p+1/t20-/m0/s1. The van der Waals surface area contributed by atoms with Gasteiger partial charge >= 0.3 is 0 Å². The highest BCUT2D eigenvalue weighted by molar-refractivity contribution is 6.21. The van der Waals surface area contributed by atoms with Crippen molar-refractivity contribution in [2.24, 2.45) is 11.8 Å². The Hall–Kier alpha value is -1.68. The minimum atomic E-state index is -0.231. The molecule has 1 N–H and O–H groups in total. The van der Waals surface area contributed by atoms with E-state index in [0.29, 0.717) is 23.9 Å². The predicted octanol–water partition coefficient (Wildman–Crippen LogP) is 2.86. The first-order valence-electron chi connectivity index (χ1n) is 10.1. The molecule has 1 aliphatic rings. The quantitative estimate of drug-likeness (QED) is 0.689. The second-order valence-electron chi connectivity index (χ2n) is 8.37. The molecule has 1 heterocycles. The maximum Gasteiger partial charge on any atom is 0.292 e. The summed E-state index contributed by atoms with van der Waals surface area (Å²) < 4.78 is 0. The van der Waals surface area contributed by atoms with Crippen molar-refractivity contribution in [2.75, 3.05) is 18.0 Å². The normalized spacial score (nSPS) is 18.0. The van der Waals surface area contributed by atoms with Gasteiger partial charge in [0.25, 0.3) is 5.91 Å². The van der Waals surface area contributed by atoms with Crippen molar-refractivity contribution in [1.29, 1.82) is 0 Å². The average molecular weight is 360 g/mol. The molecule has 1 atom stereocenters. The summed E-state index contributed by atoms with van der Waals surface area (Å²) in [5.74, 6) is 1.13. The number of imide groups is 1. The third kappa shape index (κ3) is 5.16. The highest BCUT2D eigenvalue weighted by atomic mass is 16.2. The number of nitrogens with one attached hydrogen (secondary N) is 1. The fourth-order valence-corrected chi connectivity index (χ4v) is 3.52. The molecule has 1 aromatic rings. The molecule has 1 aliphatic heterocycles. The number of quaternary nitrogens is 1. The van der Waals surface area contributed by atoms with E-state index < -0.39 is 0 Å². The molecule has 4 heteroatoms. The fraction of sp³-hybridized carbons (Fsp3) is 0.636. The summed E-state index contributed by atoms with van der Waals surface area (Å²) in [4.78, 5) is 28.4. The lowest BCUT2D eigenvalue weighted by atomic mass is 10.1. The maximum absolute atomic E-state index is 13.1. The van der Waals surface area contributed by atoms with Crippen molar-refractivity contribution < 1.29 is 14.5 Å². The van der Waals surface area contributed by atoms with E-state index in [1.54, 1.807) is 0 Å². The van der Waals surface area contributed by atoms with Gasteiger partial charge in [-0.2, -0.15) is 0 Å². The predicted molar refractivity (Wildman–Crippen MR) is 106 cm³/mol. The number of carbonyl (C=O) groups is 2. The number of amides is 2. The zero-order valence-corrected chi connectivity index (χ0v) is 17.0. The van der Waals surface area contributed by atoms with Gasteiger partial charge in [0, 0.05) is 0 Å². The van der Waals surface area contributed by atoms with Gasteiger partial charge < -0.3 is 4.90 Å². The van der Waals surface area contributed by atoms with Gasteiger partial charge in [0.15, 0.2) is 6.04 Å². The third-order valence-corrected chi connectivity index (χ3v) is 5.33. The van der Waals surface area contributed by atoms with Gasteiger partial charge in [-0.3, -0.25) is 9.59 Å². The number of benzene rings is 1. The van der Waals surface area contributed by atoms with Crippen LogP contribution in [0, 0.1) is 11.8 Å². The van der Waals surface area contributed by atoms with Crippen LogP contribution < -0.4 is 9.80 Å². The number of hydrogen-bond acceptors (Lipinski definition) is 2. The molecule has 0 unspecified atom stereocenters. The molecular formula is C22H35N2O2+. The molecule has 26 heavy (non-hydrogen) atoms. The zero-order valence-electron chi connectivity index (χ0n) is 17.0. The highest BCUT2D eigenvalue weighted by Crippen LogP contribution is 2.22. The molecule has 1 aromatic carbocycles. The molecule has 2 rings (SSSR count). The Labute approximate surface area is 158 Å². The van der Waals surface area contributed by atoms with Gasteiger partial charge in [-0.1, -0.05) is 46.8 Å². The van der Waals surface area contributed by atoms with Crippen molar-refractivity contribution in [3.8, 4) is 0 Å². The van der Waals surface area contributed by atoms with Crippen LogP contribution in [0.15, 0.2) is 24.3 Å². The van der Waals surface area contributed by atoms with Crippen molar-refractivity contribution in [3.63, 3.8) is 0 Å². The van der Waals surface area contributed by atoms with E-state index in [0.717, 1.165) is 32.4 Å². The van der Waals surface area contributed by atoms with Crippen molar-refractivity contribution in [3.05, 3.63) is 29.8 Å². The molecule has 144 valence electrons. The Morgan fingerprint density at radius 1 is 1.00 bits per heavy atom. The molecular weight excluding hydrogens is 324 g/mol. The second-order valence-corrected chi connectivity index (χ2v) is 8.37. The van der Waals surface area contributed by atoms with Gasteiger partial charge in [0.2, 0.25) is 5.91 Å². The number of hydrogen-bond donors (Lipinski definition) is 1. The first kappa shape index (κ1) is 20.6. The van der Waals surface area contributed by atoms with Gasteiger partial charge in [0.05, 0.1) is 25.2 Å². The molecule has 4 nitrogen and oxygen atoms in total. The van der Waals surface area contributed by atoms with Crippen molar-refractivity contribution >= 4 is 17.5 Å². The number of carbonyl (C=O) groups excluding carboxylic acids is 2. The number of aryl methyl sites for hydroxylation is 1. The minimum Gasteiger partial charge on any atom is -0.324 e. The van der Waals surface area contributed by atoms with E-state index in [9.17, 15) is 9.59 Å². The second kappa shape index (κ2) is 9.31. The van der Waals surface area contributed by atoms with Gasteiger partial charge in [-0.15, -0.1) is 0 Å². The number of anilines is 1. The van der Waals surface area contributed by atoms with Crippen LogP contribution in [0.25, 0.3) is 0 Å². The average Bonchev–Trinajstić information content (AvgIpc) is 2.89. The van der Waals surface area contributed by atoms with E-state index in [2.05, 4.69) is 34.6 Å². The van der Waals surface area contributed by atoms with Gasteiger partial charge in [-0.25, -0.2) is 4.90 Å². The third-order valence-electron chi connectivity index (χ3n) is 5.33. The lowest BCUT2D eigenvalue weighted by molar-refractivity contribution is -0.916. The summed E-state index contributed by atoms with van der Waals surface area (Å²) >= 11 is 0. The van der Waals surface area contributed by atoms with Crippen LogP contribution in [0.2, 0.25) is 0 Å². The fourth-order valence-electron chi connectivity index (χ4n) is 3.52. The van der Waals surface area contributed by atoms with E-state index in [4.69, 9.17) is 0 Å².